The van der Waals surface area contributed by atoms with Crippen LogP contribution in [-0.4, -0.2) is 23.3 Å². The van der Waals surface area contributed by atoms with E-state index in [1.165, 1.54) is 36.5 Å². The average Bonchev–Trinajstić information content (AvgIpc) is 3.23. The molecule has 3 aromatic rings. The molecule has 4 nitrogen and oxygen atoms in total. The van der Waals surface area contributed by atoms with Crippen molar-refractivity contribution in [2.75, 3.05) is 6.54 Å². The van der Waals surface area contributed by atoms with Gasteiger partial charge in [0.1, 0.15) is 11.6 Å². The van der Waals surface area contributed by atoms with E-state index in [1.807, 2.05) is 12.1 Å². The molecule has 31 heavy (non-hydrogen) atoms. The lowest BCUT2D eigenvalue weighted by Crippen LogP contribution is -2.42. The molecular weight excluding hydrogens is 424 g/mol. The molecule has 0 unspecified atom stereocenters. The Labute approximate surface area is 189 Å². The second-order valence-corrected chi connectivity index (χ2v) is 9.99. The Bertz CT molecular complexity index is 1310. The number of fused-ring (bicyclic) bond motifs is 1. The summed E-state index contributed by atoms with van der Waals surface area (Å²) in [6.07, 6.45) is 1.81. The van der Waals surface area contributed by atoms with Gasteiger partial charge >= 0.3 is 0 Å². The summed E-state index contributed by atoms with van der Waals surface area (Å²) in [5, 5.41) is 9.41. The Morgan fingerprint density at radius 3 is 2.19 bits per heavy atom. The molecule has 0 spiro atoms. The summed E-state index contributed by atoms with van der Waals surface area (Å²) in [7, 11) is 0. The topological polar surface area (TPSA) is 61.2 Å². The molecule has 2 amide bonds. The Hall–Kier alpha value is -3.01. The van der Waals surface area contributed by atoms with E-state index in [0.717, 1.165) is 9.78 Å². The number of rotatable bonds is 3. The summed E-state index contributed by atoms with van der Waals surface area (Å²) < 4.78 is 2.33. The summed E-state index contributed by atoms with van der Waals surface area (Å²) in [4.78, 5) is 28.5. The van der Waals surface area contributed by atoms with Gasteiger partial charge in [-0.15, -0.1) is 22.7 Å². The van der Waals surface area contributed by atoms with Gasteiger partial charge in [-0.2, -0.15) is 5.26 Å². The van der Waals surface area contributed by atoms with Crippen molar-refractivity contribution < 1.29 is 9.59 Å². The zero-order chi connectivity index (χ0) is 22.4. The number of likely N-dealkylation sites (N-methyl/N-ethyl adjacent to an activating group) is 1. The van der Waals surface area contributed by atoms with Crippen molar-refractivity contribution in [1.82, 2.24) is 4.90 Å². The van der Waals surface area contributed by atoms with E-state index >= 15 is 0 Å². The molecule has 0 fully saturated rings. The van der Waals surface area contributed by atoms with Gasteiger partial charge in [-0.3, -0.25) is 14.5 Å². The van der Waals surface area contributed by atoms with Gasteiger partial charge in [0.05, 0.1) is 0 Å². The fourth-order valence-corrected chi connectivity index (χ4v) is 6.70. The number of hydrogen-bond donors (Lipinski definition) is 0. The van der Waals surface area contributed by atoms with Crippen molar-refractivity contribution in [2.24, 2.45) is 0 Å². The number of nitrogens with zero attached hydrogens (tertiary/aromatic N) is 2. The first kappa shape index (κ1) is 21.2. The number of hydrogen-bond acceptors (Lipinski definition) is 5. The molecule has 0 aliphatic carbocycles. The highest BCUT2D eigenvalue weighted by molar-refractivity contribution is 7.29. The van der Waals surface area contributed by atoms with Gasteiger partial charge in [0.25, 0.3) is 11.8 Å². The molecule has 0 saturated carbocycles. The van der Waals surface area contributed by atoms with Crippen molar-refractivity contribution in [3.05, 3.63) is 62.6 Å². The lowest BCUT2D eigenvalue weighted by atomic mass is 9.95. The van der Waals surface area contributed by atoms with Crippen LogP contribution in [0, 0.1) is 32.1 Å². The first-order chi connectivity index (χ1) is 14.7. The van der Waals surface area contributed by atoms with Gasteiger partial charge in [0, 0.05) is 31.3 Å². The smallest absolute Gasteiger partial charge is 0.271 e. The largest absolute Gasteiger partial charge is 0.274 e. The molecule has 0 radical (unpaired) electrons. The molecule has 0 atom stereocenters. The van der Waals surface area contributed by atoms with E-state index in [2.05, 4.69) is 45.0 Å². The highest BCUT2D eigenvalue weighted by Gasteiger charge is 2.34. The third kappa shape index (κ3) is 3.54. The zero-order valence-electron chi connectivity index (χ0n) is 18.1. The fraction of sp³-hybridized carbons (Fsp3) is 0.240. The first-order valence-corrected chi connectivity index (χ1v) is 11.7. The van der Waals surface area contributed by atoms with Crippen LogP contribution in [0.2, 0.25) is 0 Å². The third-order valence-electron chi connectivity index (χ3n) is 5.58. The van der Waals surface area contributed by atoms with Crippen LogP contribution in [0.4, 0.5) is 0 Å². The molecule has 1 aliphatic heterocycles. The number of carbonyl (C=O) groups excluding carboxylic acids is 2. The van der Waals surface area contributed by atoms with E-state index in [-0.39, 0.29) is 18.0 Å². The summed E-state index contributed by atoms with van der Waals surface area (Å²) in [6.45, 7) is 10.1. The van der Waals surface area contributed by atoms with E-state index in [9.17, 15) is 14.9 Å². The summed E-state index contributed by atoms with van der Waals surface area (Å²) in [5.74, 6) is -0.849. The predicted octanol–water partition coefficient (Wildman–Crippen LogP) is 6.17. The Morgan fingerprint density at radius 2 is 1.61 bits per heavy atom. The van der Waals surface area contributed by atoms with Crippen LogP contribution in [-0.2, 0) is 9.59 Å². The fourth-order valence-electron chi connectivity index (χ4n) is 4.18. The molecule has 4 rings (SSSR count). The molecular formula is C25H22N2O2S2. The number of benzene rings is 1. The molecule has 1 aliphatic rings. The Kier molecular flexibility index (Phi) is 5.42. The van der Waals surface area contributed by atoms with Crippen LogP contribution < -0.4 is 0 Å². The van der Waals surface area contributed by atoms with Crippen molar-refractivity contribution in [1.29, 1.82) is 5.26 Å². The molecule has 2 aromatic heterocycles. The van der Waals surface area contributed by atoms with Crippen LogP contribution in [0.15, 0.2) is 41.0 Å². The van der Waals surface area contributed by atoms with Gasteiger partial charge in [0.2, 0.25) is 0 Å². The van der Waals surface area contributed by atoms with Crippen molar-refractivity contribution in [2.45, 2.75) is 34.6 Å². The van der Waals surface area contributed by atoms with Crippen LogP contribution in [0.5, 0.6) is 0 Å². The normalized spacial score (nSPS) is 16.0. The van der Waals surface area contributed by atoms with Gasteiger partial charge in [-0.1, -0.05) is 17.7 Å². The molecule has 156 valence electrons. The molecule has 0 saturated heterocycles. The minimum absolute atomic E-state index is 0.0404. The van der Waals surface area contributed by atoms with Crippen LogP contribution in [0.25, 0.3) is 25.9 Å². The van der Waals surface area contributed by atoms with Crippen LogP contribution >= 0.6 is 22.7 Å². The third-order valence-corrected chi connectivity index (χ3v) is 7.84. The van der Waals surface area contributed by atoms with Gasteiger partial charge in [0.15, 0.2) is 0 Å². The summed E-state index contributed by atoms with van der Waals surface area (Å²) in [5.41, 5.74) is 6.01. The molecule has 6 heteroatoms. The predicted molar refractivity (Wildman–Crippen MR) is 128 cm³/mol. The maximum absolute atomic E-state index is 12.8. The first-order valence-electron chi connectivity index (χ1n) is 10.1. The van der Waals surface area contributed by atoms with E-state index < -0.39 is 5.91 Å². The molecule has 0 bridgehead atoms. The summed E-state index contributed by atoms with van der Waals surface area (Å²) in [6, 6.07) is 10.7. The van der Waals surface area contributed by atoms with E-state index in [4.69, 9.17) is 0 Å². The van der Waals surface area contributed by atoms with E-state index in [1.54, 1.807) is 36.5 Å². The zero-order valence-corrected chi connectivity index (χ0v) is 19.8. The standard InChI is InChI=1S/C25H22N2O2S2/c1-6-27-24(28)18(16(5)19(12-26)25(27)29)9-17-10-20-21(30-17)11-22(31-20)23-14(3)7-13(2)8-15(23)4/h7-11H,6H2,1-5H3/b18-9-. The Morgan fingerprint density at radius 1 is 0.968 bits per heavy atom. The lowest BCUT2D eigenvalue weighted by Gasteiger charge is -2.26. The number of carbonyl (C=O) groups is 2. The molecule has 1 aromatic carbocycles. The maximum atomic E-state index is 12.8. The minimum Gasteiger partial charge on any atom is -0.274 e. The Balaban J connectivity index is 1.77. The molecule has 3 heterocycles. The van der Waals surface area contributed by atoms with Crippen LogP contribution in [0.1, 0.15) is 35.4 Å². The van der Waals surface area contributed by atoms with Crippen molar-refractivity contribution in [3.8, 4) is 16.5 Å². The van der Waals surface area contributed by atoms with Gasteiger partial charge in [-0.25, -0.2) is 0 Å². The van der Waals surface area contributed by atoms with Crippen molar-refractivity contribution in [3.63, 3.8) is 0 Å². The van der Waals surface area contributed by atoms with Crippen LogP contribution in [0.3, 0.4) is 0 Å². The van der Waals surface area contributed by atoms with E-state index in [0.29, 0.717) is 11.1 Å². The second kappa shape index (κ2) is 7.92. The minimum atomic E-state index is -0.509. The highest BCUT2D eigenvalue weighted by Crippen LogP contribution is 2.41. The van der Waals surface area contributed by atoms with Crippen molar-refractivity contribution >= 4 is 50.0 Å². The highest BCUT2D eigenvalue weighted by atomic mass is 32.1. The second-order valence-electron chi connectivity index (χ2n) is 7.79. The quantitative estimate of drug-likeness (QED) is 0.357. The average molecular weight is 447 g/mol. The number of nitriles is 1. The number of imide groups is 1. The summed E-state index contributed by atoms with van der Waals surface area (Å²) >= 11 is 3.36. The van der Waals surface area contributed by atoms with Gasteiger partial charge in [-0.05, 0) is 75.1 Å². The molecule has 0 N–H and O–H groups in total. The number of amides is 2. The SMILES string of the molecule is CCN1C(=O)C(C#N)=C(C)/C(=C/c2cc3sc(-c4c(C)cc(C)cc4C)cc3s2)C1=O. The van der Waals surface area contributed by atoms with Gasteiger partial charge < -0.3 is 0 Å². The lowest BCUT2D eigenvalue weighted by molar-refractivity contribution is -0.140. The maximum Gasteiger partial charge on any atom is 0.271 e. The number of thiophene rings is 2. The number of aryl methyl sites for hydroxylation is 3. The monoisotopic (exact) mass is 446 g/mol.